The van der Waals surface area contributed by atoms with Crippen LogP contribution in [0.15, 0.2) is 66.7 Å². The van der Waals surface area contributed by atoms with Gasteiger partial charge in [-0.3, -0.25) is 4.79 Å². The van der Waals surface area contributed by atoms with Gasteiger partial charge in [-0.25, -0.2) is 4.98 Å². The van der Waals surface area contributed by atoms with Gasteiger partial charge < -0.3 is 10.2 Å². The zero-order valence-corrected chi connectivity index (χ0v) is 17.8. The zero-order valence-electron chi connectivity index (χ0n) is 17.0. The van der Waals surface area contributed by atoms with Gasteiger partial charge in [-0.2, -0.15) is 0 Å². The molecule has 2 N–H and O–H groups in total. The lowest BCUT2D eigenvalue weighted by molar-refractivity contribution is -0.682. The van der Waals surface area contributed by atoms with Crippen LogP contribution >= 0.6 is 11.3 Å². The van der Waals surface area contributed by atoms with E-state index in [0.717, 1.165) is 15.2 Å². The van der Waals surface area contributed by atoms with Gasteiger partial charge in [-0.05, 0) is 36.8 Å². The number of carbonyl (C=O) groups is 1. The van der Waals surface area contributed by atoms with Gasteiger partial charge in [-0.1, -0.05) is 54.6 Å². The zero-order chi connectivity index (χ0) is 20.4. The maximum absolute atomic E-state index is 12.8. The first-order valence-corrected chi connectivity index (χ1v) is 10.8. The van der Waals surface area contributed by atoms with Crippen molar-refractivity contribution in [2.24, 2.45) is 0 Å². The van der Waals surface area contributed by atoms with E-state index >= 15 is 0 Å². The minimum atomic E-state index is -0.0406. The molecule has 5 heteroatoms. The van der Waals surface area contributed by atoms with Crippen LogP contribution in [0.1, 0.15) is 36.5 Å². The molecule has 29 heavy (non-hydrogen) atoms. The molecular weight excluding hydrogens is 378 g/mol. The lowest BCUT2D eigenvalue weighted by atomic mass is 10.00. The highest BCUT2D eigenvalue weighted by Crippen LogP contribution is 2.28. The molecule has 4 aromatic rings. The number of likely N-dealkylation sites (N-methyl/N-ethyl adjacent to an activating group) is 1. The molecule has 0 aliphatic carbocycles. The number of carbonyl (C=O) groups excluding carboxylic acids is 1. The summed E-state index contributed by atoms with van der Waals surface area (Å²) in [5, 5.41) is 5.58. The molecule has 3 aromatic carbocycles. The summed E-state index contributed by atoms with van der Waals surface area (Å²) in [5.74, 6) is 0.115. The van der Waals surface area contributed by atoms with E-state index in [1.54, 1.807) is 11.3 Å². The third-order valence-electron chi connectivity index (χ3n) is 5.60. The minimum absolute atomic E-state index is 0.0406. The topological polar surface area (TPSA) is 49.8 Å². The van der Waals surface area contributed by atoms with Gasteiger partial charge in [0.2, 0.25) is 0 Å². The number of hydrogen-bond donors (Lipinski definition) is 1. The normalized spacial score (nSPS) is 13.5. The van der Waals surface area contributed by atoms with Crippen molar-refractivity contribution < 1.29 is 10.1 Å². The van der Waals surface area contributed by atoms with Gasteiger partial charge in [-0.15, -0.1) is 11.3 Å². The predicted molar refractivity (Wildman–Crippen MR) is 120 cm³/mol. The summed E-state index contributed by atoms with van der Waals surface area (Å²) in [7, 11) is 1.87. The van der Waals surface area contributed by atoms with Gasteiger partial charge in [0.25, 0.3) is 5.91 Å². The highest BCUT2D eigenvalue weighted by Gasteiger charge is 2.23. The Morgan fingerprint density at radius 3 is 2.59 bits per heavy atom. The number of quaternary nitrogens is 1. The van der Waals surface area contributed by atoms with E-state index in [0.29, 0.717) is 6.54 Å². The summed E-state index contributed by atoms with van der Waals surface area (Å²) < 4.78 is 1.16. The summed E-state index contributed by atoms with van der Waals surface area (Å²) in [6.45, 7) is 4.62. The van der Waals surface area contributed by atoms with Crippen LogP contribution in [0, 0.1) is 0 Å². The standard InChI is InChI=1S/C24H25N3OS/c1-16(19-12-8-10-18-9-4-5-11-20(18)19)25-15-23(28)27(3)17(2)24-26-21-13-6-7-14-22(21)29-24/h4-14,16-17,25H,15H2,1-3H3/p+1/t16-,17+/m1/s1. The van der Waals surface area contributed by atoms with E-state index in [4.69, 9.17) is 4.98 Å². The summed E-state index contributed by atoms with van der Waals surface area (Å²) in [5.41, 5.74) is 2.26. The second-order valence-corrected chi connectivity index (χ2v) is 8.56. The van der Waals surface area contributed by atoms with E-state index in [1.807, 2.05) is 37.1 Å². The fraction of sp³-hybridized carbons (Fsp3) is 0.250. The fourth-order valence-electron chi connectivity index (χ4n) is 3.65. The Labute approximate surface area is 175 Å². The van der Waals surface area contributed by atoms with Crippen molar-refractivity contribution >= 4 is 38.2 Å². The van der Waals surface area contributed by atoms with Crippen molar-refractivity contribution in [1.82, 2.24) is 9.88 Å². The Kier molecular flexibility index (Phi) is 5.60. The molecule has 2 atom stereocenters. The van der Waals surface area contributed by atoms with Crippen molar-refractivity contribution in [3.63, 3.8) is 0 Å². The number of para-hydroxylation sites is 1. The van der Waals surface area contributed by atoms with E-state index in [9.17, 15) is 4.79 Å². The summed E-state index contributed by atoms with van der Waals surface area (Å²) in [4.78, 5) is 19.4. The largest absolute Gasteiger partial charge is 0.332 e. The first-order valence-electron chi connectivity index (χ1n) is 9.96. The van der Waals surface area contributed by atoms with Crippen molar-refractivity contribution in [2.45, 2.75) is 25.9 Å². The Hall–Kier alpha value is -2.76. The molecule has 0 unspecified atom stereocenters. The number of thiazole rings is 1. The number of fused-ring (bicyclic) bond motifs is 2. The summed E-state index contributed by atoms with van der Waals surface area (Å²) in [6.07, 6.45) is 0. The van der Waals surface area contributed by atoms with E-state index < -0.39 is 0 Å². The minimum Gasteiger partial charge on any atom is -0.332 e. The molecule has 1 heterocycles. The number of hydrogen-bond acceptors (Lipinski definition) is 3. The molecule has 0 fully saturated rings. The molecule has 148 valence electrons. The fourth-order valence-corrected chi connectivity index (χ4v) is 4.71. The molecule has 1 amide bonds. The van der Waals surface area contributed by atoms with Crippen LogP contribution < -0.4 is 5.32 Å². The maximum Gasteiger partial charge on any atom is 0.278 e. The monoisotopic (exact) mass is 404 g/mol. The molecule has 0 saturated heterocycles. The highest BCUT2D eigenvalue weighted by atomic mass is 32.1. The van der Waals surface area contributed by atoms with Gasteiger partial charge in [0.05, 0.1) is 16.3 Å². The van der Waals surface area contributed by atoms with Crippen LogP contribution in [0.25, 0.3) is 21.0 Å². The molecule has 0 aliphatic rings. The number of nitrogens with two attached hydrogens (primary N) is 1. The Morgan fingerprint density at radius 2 is 1.76 bits per heavy atom. The lowest BCUT2D eigenvalue weighted by Gasteiger charge is -2.23. The van der Waals surface area contributed by atoms with Crippen molar-refractivity contribution in [1.29, 1.82) is 0 Å². The van der Waals surface area contributed by atoms with Crippen LogP contribution in [-0.4, -0.2) is 29.4 Å². The van der Waals surface area contributed by atoms with Gasteiger partial charge >= 0.3 is 0 Å². The molecule has 1 aromatic heterocycles. The SMILES string of the molecule is C[C@@H]([NH2+]CC(=O)N(C)[C@@H](C)c1nc2ccccc2s1)c1cccc2ccccc12. The molecule has 0 saturated carbocycles. The van der Waals surface area contributed by atoms with Crippen molar-refractivity contribution in [3.05, 3.63) is 77.3 Å². The van der Waals surface area contributed by atoms with Crippen LogP contribution in [0.5, 0.6) is 0 Å². The Balaban J connectivity index is 1.43. The highest BCUT2D eigenvalue weighted by molar-refractivity contribution is 7.18. The van der Waals surface area contributed by atoms with Gasteiger partial charge in [0.1, 0.15) is 11.0 Å². The van der Waals surface area contributed by atoms with Crippen LogP contribution in [0.4, 0.5) is 0 Å². The van der Waals surface area contributed by atoms with E-state index in [2.05, 4.69) is 60.8 Å². The lowest BCUT2D eigenvalue weighted by Crippen LogP contribution is -2.87. The molecule has 0 radical (unpaired) electrons. The first kappa shape index (κ1) is 19.6. The number of nitrogens with zero attached hydrogens (tertiary/aromatic N) is 2. The third kappa shape index (κ3) is 4.02. The average Bonchev–Trinajstić information content (AvgIpc) is 3.20. The van der Waals surface area contributed by atoms with Crippen molar-refractivity contribution in [2.75, 3.05) is 13.6 Å². The number of amides is 1. The molecule has 4 nitrogen and oxygen atoms in total. The summed E-state index contributed by atoms with van der Waals surface area (Å²) >= 11 is 1.66. The smallest absolute Gasteiger partial charge is 0.278 e. The second kappa shape index (κ2) is 8.31. The molecule has 0 bridgehead atoms. The van der Waals surface area contributed by atoms with Crippen molar-refractivity contribution in [3.8, 4) is 0 Å². The number of aromatic nitrogens is 1. The number of rotatable bonds is 6. The average molecular weight is 405 g/mol. The van der Waals surface area contributed by atoms with E-state index in [-0.39, 0.29) is 18.0 Å². The summed E-state index contributed by atoms with van der Waals surface area (Å²) in [6, 6.07) is 23.0. The van der Waals surface area contributed by atoms with Crippen LogP contribution in [-0.2, 0) is 4.79 Å². The molecule has 4 rings (SSSR count). The van der Waals surface area contributed by atoms with Crippen LogP contribution in [0.2, 0.25) is 0 Å². The molecular formula is C24H26N3OS+. The van der Waals surface area contributed by atoms with Gasteiger partial charge in [0.15, 0.2) is 6.54 Å². The van der Waals surface area contributed by atoms with Gasteiger partial charge in [0, 0.05) is 12.6 Å². The third-order valence-corrected chi connectivity index (χ3v) is 6.81. The molecule has 0 aliphatic heterocycles. The Morgan fingerprint density at radius 1 is 1.03 bits per heavy atom. The first-order chi connectivity index (χ1) is 14.0. The molecule has 0 spiro atoms. The Bertz CT molecular complexity index is 1110. The quantitative estimate of drug-likeness (QED) is 0.521. The van der Waals surface area contributed by atoms with Crippen LogP contribution in [0.3, 0.4) is 0 Å². The van der Waals surface area contributed by atoms with E-state index in [1.165, 1.54) is 16.3 Å². The maximum atomic E-state index is 12.8. The predicted octanol–water partition coefficient (Wildman–Crippen LogP) is 4.29. The second-order valence-electron chi connectivity index (χ2n) is 7.50. The number of benzene rings is 3.